The SMILES string of the molecule is CC(=O)O[C@]12CC[C@@]1(C)C[C@@H]1CC(C)(C)CC1=C2C. The summed E-state index contributed by atoms with van der Waals surface area (Å²) in [5.74, 6) is 0.602. The van der Waals surface area contributed by atoms with E-state index in [1.165, 1.54) is 31.3 Å². The van der Waals surface area contributed by atoms with Crippen molar-refractivity contribution in [1.29, 1.82) is 0 Å². The molecule has 2 fully saturated rings. The lowest BCUT2D eigenvalue weighted by atomic mass is 9.48. The van der Waals surface area contributed by atoms with E-state index in [-0.39, 0.29) is 17.0 Å². The number of carbonyl (C=O) groups is 1. The minimum Gasteiger partial charge on any atom is -0.454 e. The van der Waals surface area contributed by atoms with Crippen LogP contribution in [-0.4, -0.2) is 11.6 Å². The van der Waals surface area contributed by atoms with Crippen LogP contribution in [0.1, 0.15) is 66.7 Å². The highest BCUT2D eigenvalue weighted by Gasteiger charge is 2.64. The molecular formula is C17H26O2. The van der Waals surface area contributed by atoms with Crippen LogP contribution in [0.15, 0.2) is 11.1 Å². The Balaban J connectivity index is 2.05. The summed E-state index contributed by atoms with van der Waals surface area (Å²) >= 11 is 0. The van der Waals surface area contributed by atoms with E-state index < -0.39 is 0 Å². The molecule has 3 rings (SSSR count). The maximum Gasteiger partial charge on any atom is 0.303 e. The zero-order valence-corrected chi connectivity index (χ0v) is 12.9. The summed E-state index contributed by atoms with van der Waals surface area (Å²) in [6, 6.07) is 0. The van der Waals surface area contributed by atoms with Gasteiger partial charge in [-0.3, -0.25) is 4.79 Å². The molecule has 19 heavy (non-hydrogen) atoms. The fourth-order valence-corrected chi connectivity index (χ4v) is 5.14. The van der Waals surface area contributed by atoms with Crippen molar-refractivity contribution in [2.45, 2.75) is 72.3 Å². The molecule has 2 heteroatoms. The molecule has 0 N–H and O–H groups in total. The van der Waals surface area contributed by atoms with Gasteiger partial charge in [-0.15, -0.1) is 0 Å². The molecule has 0 aromatic heterocycles. The molecule has 0 spiro atoms. The van der Waals surface area contributed by atoms with Gasteiger partial charge in [-0.1, -0.05) is 26.3 Å². The fourth-order valence-electron chi connectivity index (χ4n) is 5.14. The van der Waals surface area contributed by atoms with Crippen LogP contribution in [0.25, 0.3) is 0 Å². The number of hydrogen-bond donors (Lipinski definition) is 0. The Hall–Kier alpha value is -0.790. The van der Waals surface area contributed by atoms with E-state index in [1.807, 2.05) is 0 Å². The van der Waals surface area contributed by atoms with Crippen LogP contribution in [-0.2, 0) is 9.53 Å². The molecule has 3 aliphatic carbocycles. The standard InChI is InChI=1S/C17H26O2/c1-11-14-10-15(3,4)8-13(14)9-16(5)6-7-17(11,16)19-12(2)18/h13H,6-10H2,1-5H3/t13-,16-,17-/m0/s1. The summed E-state index contributed by atoms with van der Waals surface area (Å²) in [5.41, 5.74) is 3.31. The smallest absolute Gasteiger partial charge is 0.303 e. The van der Waals surface area contributed by atoms with E-state index in [1.54, 1.807) is 12.5 Å². The number of ether oxygens (including phenoxy) is 1. The molecule has 0 bridgehead atoms. The number of allylic oxidation sites excluding steroid dienone is 1. The van der Waals surface area contributed by atoms with Crippen LogP contribution in [0.5, 0.6) is 0 Å². The normalized spacial score (nSPS) is 43.3. The van der Waals surface area contributed by atoms with E-state index in [2.05, 4.69) is 27.7 Å². The van der Waals surface area contributed by atoms with Crippen LogP contribution >= 0.6 is 0 Å². The lowest BCUT2D eigenvalue weighted by molar-refractivity contribution is -0.197. The predicted molar refractivity (Wildman–Crippen MR) is 75.7 cm³/mol. The first-order valence-electron chi connectivity index (χ1n) is 7.59. The molecule has 2 saturated carbocycles. The van der Waals surface area contributed by atoms with Crippen molar-refractivity contribution in [3.8, 4) is 0 Å². The van der Waals surface area contributed by atoms with Gasteiger partial charge in [0.05, 0.1) is 0 Å². The van der Waals surface area contributed by atoms with Crippen LogP contribution in [0, 0.1) is 16.7 Å². The summed E-state index contributed by atoms with van der Waals surface area (Å²) in [4.78, 5) is 11.6. The topological polar surface area (TPSA) is 26.3 Å². The lowest BCUT2D eigenvalue weighted by Crippen LogP contribution is -2.61. The highest BCUT2D eigenvalue weighted by molar-refractivity contribution is 5.68. The van der Waals surface area contributed by atoms with Crippen molar-refractivity contribution in [3.63, 3.8) is 0 Å². The van der Waals surface area contributed by atoms with Gasteiger partial charge < -0.3 is 4.74 Å². The second-order valence-electron chi connectivity index (χ2n) is 8.08. The van der Waals surface area contributed by atoms with Gasteiger partial charge in [-0.05, 0) is 55.9 Å². The van der Waals surface area contributed by atoms with Crippen LogP contribution in [0.2, 0.25) is 0 Å². The van der Waals surface area contributed by atoms with Gasteiger partial charge in [0.2, 0.25) is 0 Å². The second-order valence-corrected chi connectivity index (χ2v) is 8.08. The number of carbonyl (C=O) groups excluding carboxylic acids is 1. The molecule has 0 heterocycles. The van der Waals surface area contributed by atoms with Crippen molar-refractivity contribution in [3.05, 3.63) is 11.1 Å². The molecule has 0 aromatic rings. The van der Waals surface area contributed by atoms with E-state index >= 15 is 0 Å². The monoisotopic (exact) mass is 262 g/mol. The van der Waals surface area contributed by atoms with Gasteiger partial charge in [-0.25, -0.2) is 0 Å². The summed E-state index contributed by atoms with van der Waals surface area (Å²) in [5, 5.41) is 0. The summed E-state index contributed by atoms with van der Waals surface area (Å²) in [7, 11) is 0. The molecule has 0 saturated heterocycles. The van der Waals surface area contributed by atoms with E-state index in [9.17, 15) is 4.79 Å². The Morgan fingerprint density at radius 3 is 2.42 bits per heavy atom. The zero-order valence-electron chi connectivity index (χ0n) is 12.9. The van der Waals surface area contributed by atoms with E-state index in [0.717, 1.165) is 12.3 Å². The Kier molecular flexibility index (Phi) is 2.54. The fraction of sp³-hybridized carbons (Fsp3) is 0.824. The Morgan fingerprint density at radius 2 is 1.89 bits per heavy atom. The lowest BCUT2D eigenvalue weighted by Gasteiger charge is -2.61. The van der Waals surface area contributed by atoms with Gasteiger partial charge >= 0.3 is 5.97 Å². The van der Waals surface area contributed by atoms with Gasteiger partial charge in [0, 0.05) is 12.3 Å². The highest BCUT2D eigenvalue weighted by Crippen LogP contribution is 2.67. The molecule has 0 aromatic carbocycles. The largest absolute Gasteiger partial charge is 0.454 e. The number of rotatable bonds is 1. The maximum atomic E-state index is 11.6. The number of esters is 1. The third kappa shape index (κ3) is 1.64. The van der Waals surface area contributed by atoms with E-state index in [0.29, 0.717) is 5.41 Å². The summed E-state index contributed by atoms with van der Waals surface area (Å²) < 4.78 is 5.87. The molecular weight excluding hydrogens is 236 g/mol. The van der Waals surface area contributed by atoms with Crippen molar-refractivity contribution in [2.24, 2.45) is 16.7 Å². The molecule has 0 aliphatic heterocycles. The first-order chi connectivity index (χ1) is 8.69. The molecule has 0 radical (unpaired) electrons. The maximum absolute atomic E-state index is 11.6. The average molecular weight is 262 g/mol. The third-order valence-electron chi connectivity index (χ3n) is 6.07. The van der Waals surface area contributed by atoms with Gasteiger partial charge in [0.15, 0.2) is 0 Å². The molecule has 2 nitrogen and oxygen atoms in total. The number of hydrogen-bond acceptors (Lipinski definition) is 2. The second kappa shape index (κ2) is 3.65. The first kappa shape index (κ1) is 13.2. The quantitative estimate of drug-likeness (QED) is 0.522. The average Bonchev–Trinajstić information content (AvgIpc) is 2.57. The van der Waals surface area contributed by atoms with Crippen LogP contribution < -0.4 is 0 Å². The van der Waals surface area contributed by atoms with Crippen molar-refractivity contribution < 1.29 is 9.53 Å². The number of fused-ring (bicyclic) bond motifs is 2. The minimum absolute atomic E-state index is 0.124. The third-order valence-corrected chi connectivity index (χ3v) is 6.07. The summed E-state index contributed by atoms with van der Waals surface area (Å²) in [6.45, 7) is 10.8. The molecule has 3 aliphatic rings. The van der Waals surface area contributed by atoms with Crippen LogP contribution in [0.4, 0.5) is 0 Å². The van der Waals surface area contributed by atoms with Crippen molar-refractivity contribution in [1.82, 2.24) is 0 Å². The summed E-state index contributed by atoms with van der Waals surface area (Å²) in [6.07, 6.45) is 5.90. The Bertz CT molecular complexity index is 474. The molecule has 0 unspecified atom stereocenters. The van der Waals surface area contributed by atoms with E-state index in [4.69, 9.17) is 4.74 Å². The highest BCUT2D eigenvalue weighted by atomic mass is 16.6. The first-order valence-corrected chi connectivity index (χ1v) is 7.59. The molecule has 3 atom stereocenters. The van der Waals surface area contributed by atoms with Crippen molar-refractivity contribution in [2.75, 3.05) is 0 Å². The minimum atomic E-state index is -0.273. The van der Waals surface area contributed by atoms with Gasteiger partial charge in [0.25, 0.3) is 0 Å². The predicted octanol–water partition coefficient (Wildman–Crippen LogP) is 4.24. The van der Waals surface area contributed by atoms with Crippen molar-refractivity contribution >= 4 is 5.97 Å². The van der Waals surface area contributed by atoms with Crippen LogP contribution in [0.3, 0.4) is 0 Å². The van der Waals surface area contributed by atoms with Gasteiger partial charge in [0.1, 0.15) is 5.60 Å². The zero-order chi connectivity index (χ0) is 14.1. The Morgan fingerprint density at radius 1 is 1.21 bits per heavy atom. The molecule has 0 amide bonds. The van der Waals surface area contributed by atoms with Gasteiger partial charge in [-0.2, -0.15) is 0 Å². The molecule has 106 valence electrons. The Labute approximate surface area is 116 Å².